The highest BCUT2D eigenvalue weighted by Gasteiger charge is 2.55. The first-order chi connectivity index (χ1) is 12.9. The summed E-state index contributed by atoms with van der Waals surface area (Å²) in [5, 5.41) is 5.53. The molecule has 4 amide bonds. The van der Waals surface area contributed by atoms with E-state index in [0.29, 0.717) is 23.6 Å². The molecule has 2 atom stereocenters. The first-order valence-electron chi connectivity index (χ1n) is 9.06. The molecule has 1 aromatic rings. The van der Waals surface area contributed by atoms with E-state index in [1.54, 1.807) is 18.2 Å². The first kappa shape index (κ1) is 19.0. The highest BCUT2D eigenvalue weighted by atomic mass is 16.5. The average molecular weight is 375 g/mol. The van der Waals surface area contributed by atoms with Gasteiger partial charge in [0, 0.05) is 23.9 Å². The van der Waals surface area contributed by atoms with Crippen LogP contribution in [0.3, 0.4) is 0 Å². The molecule has 2 aliphatic rings. The fraction of sp³-hybridized carbons (Fsp3) is 0.526. The molecule has 0 aromatic heterocycles. The van der Waals surface area contributed by atoms with Crippen LogP contribution in [0.5, 0.6) is 11.5 Å². The Hall–Kier alpha value is -2.77. The number of benzene rings is 1. The molecule has 8 nitrogen and oxygen atoms in total. The summed E-state index contributed by atoms with van der Waals surface area (Å²) in [6, 6.07) is 4.45. The van der Waals surface area contributed by atoms with Gasteiger partial charge in [-0.3, -0.25) is 14.5 Å². The fourth-order valence-electron chi connectivity index (χ4n) is 3.86. The van der Waals surface area contributed by atoms with Crippen LogP contribution in [0.25, 0.3) is 0 Å². The van der Waals surface area contributed by atoms with Gasteiger partial charge in [-0.2, -0.15) is 0 Å². The molecule has 0 unspecified atom stereocenters. The van der Waals surface area contributed by atoms with Crippen molar-refractivity contribution in [2.45, 2.75) is 38.1 Å². The number of hydrogen-bond acceptors (Lipinski definition) is 5. The number of carbonyl (C=O) groups is 3. The standard InChI is InChI=1S/C19H25N3O5/c1-12-6-4-5-7-19(12)17(24)22(18(25)21-19)11-16(23)20-13-8-14(26-2)10-15(9-13)27-3/h8-10,12H,4-7,11H2,1-3H3,(H,20,23)(H,21,25)/t12-,19+/m0/s1. The average Bonchev–Trinajstić information content (AvgIpc) is 2.88. The van der Waals surface area contributed by atoms with Gasteiger partial charge in [-0.05, 0) is 18.8 Å². The van der Waals surface area contributed by atoms with Gasteiger partial charge in [0.25, 0.3) is 5.91 Å². The third-order valence-corrected chi connectivity index (χ3v) is 5.44. The number of anilines is 1. The van der Waals surface area contributed by atoms with Gasteiger partial charge in [0.2, 0.25) is 5.91 Å². The van der Waals surface area contributed by atoms with Crippen LogP contribution in [0.1, 0.15) is 32.6 Å². The number of ether oxygens (including phenoxy) is 2. The number of hydrogen-bond donors (Lipinski definition) is 2. The highest BCUT2D eigenvalue weighted by molar-refractivity contribution is 6.10. The normalized spacial score (nSPS) is 24.7. The molecule has 27 heavy (non-hydrogen) atoms. The Morgan fingerprint density at radius 1 is 1.22 bits per heavy atom. The van der Waals surface area contributed by atoms with Crippen LogP contribution in [0.15, 0.2) is 18.2 Å². The molecule has 1 aliphatic heterocycles. The molecule has 1 aromatic carbocycles. The number of urea groups is 1. The monoisotopic (exact) mass is 375 g/mol. The Morgan fingerprint density at radius 3 is 2.48 bits per heavy atom. The van der Waals surface area contributed by atoms with Crippen molar-refractivity contribution in [1.82, 2.24) is 10.2 Å². The van der Waals surface area contributed by atoms with Crippen molar-refractivity contribution in [2.75, 3.05) is 26.1 Å². The van der Waals surface area contributed by atoms with E-state index in [4.69, 9.17) is 9.47 Å². The maximum Gasteiger partial charge on any atom is 0.325 e. The van der Waals surface area contributed by atoms with E-state index in [1.807, 2.05) is 6.92 Å². The van der Waals surface area contributed by atoms with E-state index >= 15 is 0 Å². The van der Waals surface area contributed by atoms with E-state index in [9.17, 15) is 14.4 Å². The second-order valence-electron chi connectivity index (χ2n) is 7.09. The smallest absolute Gasteiger partial charge is 0.325 e. The largest absolute Gasteiger partial charge is 0.497 e. The summed E-state index contributed by atoms with van der Waals surface area (Å²) in [6.45, 7) is 1.64. The van der Waals surface area contributed by atoms with Gasteiger partial charge in [0.1, 0.15) is 23.6 Å². The zero-order valence-corrected chi connectivity index (χ0v) is 15.8. The van der Waals surface area contributed by atoms with Gasteiger partial charge in [-0.15, -0.1) is 0 Å². The molecule has 1 saturated carbocycles. The third-order valence-electron chi connectivity index (χ3n) is 5.44. The van der Waals surface area contributed by atoms with Gasteiger partial charge >= 0.3 is 6.03 Å². The van der Waals surface area contributed by atoms with Crippen molar-refractivity contribution >= 4 is 23.5 Å². The van der Waals surface area contributed by atoms with Crippen molar-refractivity contribution in [3.63, 3.8) is 0 Å². The van der Waals surface area contributed by atoms with Crippen LogP contribution >= 0.6 is 0 Å². The lowest BCUT2D eigenvalue weighted by atomic mass is 9.73. The molecule has 0 bridgehead atoms. The molecular weight excluding hydrogens is 350 g/mol. The Morgan fingerprint density at radius 2 is 1.89 bits per heavy atom. The SMILES string of the molecule is COc1cc(NC(=O)CN2C(=O)N[C@@]3(CCCC[C@@H]3C)C2=O)cc(OC)c1. The minimum absolute atomic E-state index is 0.0541. The molecule has 3 rings (SSSR count). The number of nitrogens with one attached hydrogen (secondary N) is 2. The van der Waals surface area contributed by atoms with Crippen LogP contribution in [0.4, 0.5) is 10.5 Å². The van der Waals surface area contributed by atoms with Crippen LogP contribution in [-0.4, -0.2) is 49.0 Å². The molecule has 1 heterocycles. The minimum atomic E-state index is -0.866. The number of amides is 4. The molecule has 146 valence electrons. The quantitative estimate of drug-likeness (QED) is 0.769. The molecule has 1 aliphatic carbocycles. The molecule has 1 saturated heterocycles. The van der Waals surface area contributed by atoms with E-state index < -0.39 is 17.5 Å². The number of rotatable bonds is 5. The summed E-state index contributed by atoms with van der Waals surface area (Å²) in [6.07, 6.45) is 3.43. The molecule has 2 fully saturated rings. The van der Waals surface area contributed by atoms with Gasteiger partial charge in [0.05, 0.1) is 14.2 Å². The zero-order valence-electron chi connectivity index (χ0n) is 15.8. The van der Waals surface area contributed by atoms with Crippen molar-refractivity contribution in [2.24, 2.45) is 5.92 Å². The Balaban J connectivity index is 1.71. The summed E-state index contributed by atoms with van der Waals surface area (Å²) in [5.41, 5.74) is -0.404. The third kappa shape index (κ3) is 3.56. The maximum absolute atomic E-state index is 12.9. The molecule has 1 spiro atoms. The Labute approximate surface area is 158 Å². The lowest BCUT2D eigenvalue weighted by Crippen LogP contribution is -2.54. The predicted molar refractivity (Wildman–Crippen MR) is 98.8 cm³/mol. The van der Waals surface area contributed by atoms with Crippen LogP contribution in [-0.2, 0) is 9.59 Å². The first-order valence-corrected chi connectivity index (χ1v) is 9.06. The molecule has 8 heteroatoms. The van der Waals surface area contributed by atoms with Gasteiger partial charge in [-0.1, -0.05) is 19.8 Å². The molecular formula is C19H25N3O5. The zero-order chi connectivity index (χ0) is 19.6. The van der Waals surface area contributed by atoms with E-state index in [0.717, 1.165) is 24.2 Å². The Kier molecular flexibility index (Phi) is 5.25. The highest BCUT2D eigenvalue weighted by Crippen LogP contribution is 2.38. The topological polar surface area (TPSA) is 97.0 Å². The van der Waals surface area contributed by atoms with E-state index in [-0.39, 0.29) is 18.4 Å². The number of methoxy groups -OCH3 is 2. The van der Waals surface area contributed by atoms with Gasteiger partial charge in [0.15, 0.2) is 0 Å². The predicted octanol–water partition coefficient (Wildman–Crippen LogP) is 2.14. The fourth-order valence-corrected chi connectivity index (χ4v) is 3.86. The number of carbonyl (C=O) groups excluding carboxylic acids is 3. The maximum atomic E-state index is 12.9. The molecule has 0 radical (unpaired) electrons. The summed E-state index contributed by atoms with van der Waals surface area (Å²) in [5.74, 6) is 0.329. The van der Waals surface area contributed by atoms with Gasteiger partial charge in [-0.25, -0.2) is 4.79 Å². The second-order valence-corrected chi connectivity index (χ2v) is 7.09. The minimum Gasteiger partial charge on any atom is -0.497 e. The van der Waals surface area contributed by atoms with Crippen molar-refractivity contribution in [1.29, 1.82) is 0 Å². The van der Waals surface area contributed by atoms with Crippen molar-refractivity contribution < 1.29 is 23.9 Å². The van der Waals surface area contributed by atoms with E-state index in [1.165, 1.54) is 14.2 Å². The number of imide groups is 1. The van der Waals surface area contributed by atoms with Crippen LogP contribution in [0.2, 0.25) is 0 Å². The Bertz CT molecular complexity index is 743. The van der Waals surface area contributed by atoms with Gasteiger partial charge < -0.3 is 20.1 Å². The lowest BCUT2D eigenvalue weighted by molar-refractivity contribution is -0.136. The summed E-state index contributed by atoms with van der Waals surface area (Å²) in [4.78, 5) is 38.7. The summed E-state index contributed by atoms with van der Waals surface area (Å²) >= 11 is 0. The van der Waals surface area contributed by atoms with E-state index in [2.05, 4.69) is 10.6 Å². The summed E-state index contributed by atoms with van der Waals surface area (Å²) in [7, 11) is 3.02. The van der Waals surface area contributed by atoms with Crippen molar-refractivity contribution in [3.8, 4) is 11.5 Å². The van der Waals surface area contributed by atoms with Crippen molar-refractivity contribution in [3.05, 3.63) is 18.2 Å². The second kappa shape index (κ2) is 7.46. The molecule has 2 N–H and O–H groups in total. The summed E-state index contributed by atoms with van der Waals surface area (Å²) < 4.78 is 10.3. The lowest BCUT2D eigenvalue weighted by Gasteiger charge is -2.36. The van der Waals surface area contributed by atoms with Crippen LogP contribution < -0.4 is 20.1 Å². The number of nitrogens with zero attached hydrogens (tertiary/aromatic N) is 1. The van der Waals surface area contributed by atoms with Crippen LogP contribution in [0, 0.1) is 5.92 Å².